The molecule has 0 aliphatic carbocycles. The SMILES string of the molecule is CC(Cl)c1cccc(Cl)c1. The van der Waals surface area contributed by atoms with Crippen molar-refractivity contribution in [2.75, 3.05) is 0 Å². The molecule has 2 heteroatoms. The molecule has 0 saturated carbocycles. The average molecular weight is 175 g/mol. The van der Waals surface area contributed by atoms with Gasteiger partial charge < -0.3 is 0 Å². The van der Waals surface area contributed by atoms with Crippen LogP contribution in [0, 0.1) is 0 Å². The largest absolute Gasteiger partial charge is 0.118 e. The Hall–Kier alpha value is -0.200. The van der Waals surface area contributed by atoms with Crippen LogP contribution >= 0.6 is 23.2 Å². The first-order chi connectivity index (χ1) is 4.70. The van der Waals surface area contributed by atoms with Crippen molar-refractivity contribution in [3.05, 3.63) is 34.9 Å². The molecule has 0 radical (unpaired) electrons. The summed E-state index contributed by atoms with van der Waals surface area (Å²) in [5.74, 6) is 0. The number of hydrogen-bond donors (Lipinski definition) is 0. The zero-order valence-electron chi connectivity index (χ0n) is 5.64. The van der Waals surface area contributed by atoms with Gasteiger partial charge in [-0.15, -0.1) is 11.6 Å². The van der Waals surface area contributed by atoms with Crippen LogP contribution in [-0.4, -0.2) is 0 Å². The van der Waals surface area contributed by atoms with Gasteiger partial charge in [0.05, 0.1) is 5.38 Å². The molecule has 0 amide bonds. The first kappa shape index (κ1) is 7.90. The predicted octanol–water partition coefficient (Wildman–Crippen LogP) is 3.64. The Bertz CT molecular complexity index is 218. The van der Waals surface area contributed by atoms with Crippen molar-refractivity contribution in [2.24, 2.45) is 0 Å². The summed E-state index contributed by atoms with van der Waals surface area (Å²) in [7, 11) is 0. The summed E-state index contributed by atoms with van der Waals surface area (Å²) in [5, 5.41) is 0.781. The Morgan fingerprint density at radius 2 is 2.10 bits per heavy atom. The van der Waals surface area contributed by atoms with E-state index in [4.69, 9.17) is 23.2 Å². The lowest BCUT2D eigenvalue weighted by atomic mass is 10.2. The standard InChI is InChI=1S/C8H8Cl2/c1-6(9)7-3-2-4-8(10)5-7/h2-6H,1H3. The zero-order chi connectivity index (χ0) is 7.56. The quantitative estimate of drug-likeness (QED) is 0.571. The van der Waals surface area contributed by atoms with Gasteiger partial charge in [0.2, 0.25) is 0 Å². The van der Waals surface area contributed by atoms with Gasteiger partial charge in [0.25, 0.3) is 0 Å². The predicted molar refractivity (Wildman–Crippen MR) is 45.7 cm³/mol. The van der Waals surface area contributed by atoms with E-state index in [9.17, 15) is 0 Å². The Morgan fingerprint density at radius 3 is 2.50 bits per heavy atom. The Labute approximate surface area is 70.8 Å². The molecule has 0 nitrogen and oxygen atoms in total. The van der Waals surface area contributed by atoms with E-state index in [1.807, 2.05) is 31.2 Å². The van der Waals surface area contributed by atoms with Crippen molar-refractivity contribution in [1.82, 2.24) is 0 Å². The van der Waals surface area contributed by atoms with E-state index in [0.29, 0.717) is 0 Å². The smallest absolute Gasteiger partial charge is 0.0557 e. The number of rotatable bonds is 1. The second-order valence-corrected chi connectivity index (χ2v) is 3.26. The lowest BCUT2D eigenvalue weighted by Gasteiger charge is -2.01. The topological polar surface area (TPSA) is 0 Å². The number of hydrogen-bond acceptors (Lipinski definition) is 0. The summed E-state index contributed by atoms with van der Waals surface area (Å²) in [6.07, 6.45) is 0. The molecule has 0 aromatic heterocycles. The van der Waals surface area contributed by atoms with E-state index in [1.165, 1.54) is 0 Å². The monoisotopic (exact) mass is 174 g/mol. The molecule has 0 bridgehead atoms. The molecule has 10 heavy (non-hydrogen) atoms. The average Bonchev–Trinajstić information content (AvgIpc) is 1.88. The van der Waals surface area contributed by atoms with Crippen molar-refractivity contribution in [2.45, 2.75) is 12.3 Å². The lowest BCUT2D eigenvalue weighted by Crippen LogP contribution is -1.81. The summed E-state index contributed by atoms with van der Waals surface area (Å²) in [5.41, 5.74) is 1.06. The third-order valence-electron chi connectivity index (χ3n) is 1.31. The van der Waals surface area contributed by atoms with Crippen LogP contribution in [0.25, 0.3) is 0 Å². The highest BCUT2D eigenvalue weighted by Gasteiger charge is 1.99. The molecule has 1 unspecified atom stereocenters. The molecule has 1 aromatic carbocycles. The molecule has 1 atom stereocenters. The maximum Gasteiger partial charge on any atom is 0.0557 e. The Kier molecular flexibility index (Phi) is 2.58. The van der Waals surface area contributed by atoms with Gasteiger partial charge in [0.1, 0.15) is 0 Å². The van der Waals surface area contributed by atoms with Gasteiger partial charge in [-0.3, -0.25) is 0 Å². The molecule has 1 aromatic rings. The molecule has 54 valence electrons. The first-order valence-electron chi connectivity index (χ1n) is 3.09. The van der Waals surface area contributed by atoms with Gasteiger partial charge in [-0.2, -0.15) is 0 Å². The van der Waals surface area contributed by atoms with Crippen molar-refractivity contribution in [3.8, 4) is 0 Å². The third-order valence-corrected chi connectivity index (χ3v) is 1.80. The van der Waals surface area contributed by atoms with Crippen LogP contribution in [0.15, 0.2) is 24.3 Å². The summed E-state index contributed by atoms with van der Waals surface area (Å²) in [4.78, 5) is 0. The molecular formula is C8H8Cl2. The van der Waals surface area contributed by atoms with E-state index in [-0.39, 0.29) is 5.38 Å². The van der Waals surface area contributed by atoms with Crippen LogP contribution in [0.3, 0.4) is 0 Å². The van der Waals surface area contributed by atoms with E-state index < -0.39 is 0 Å². The maximum absolute atomic E-state index is 5.82. The fourth-order valence-electron chi connectivity index (χ4n) is 0.754. The summed E-state index contributed by atoms with van der Waals surface area (Å²) >= 11 is 11.5. The maximum atomic E-state index is 5.82. The van der Waals surface area contributed by atoms with Crippen LogP contribution in [0.2, 0.25) is 5.02 Å². The minimum absolute atomic E-state index is 0.0405. The van der Waals surface area contributed by atoms with Crippen molar-refractivity contribution in [3.63, 3.8) is 0 Å². The Morgan fingerprint density at radius 1 is 1.40 bits per heavy atom. The van der Waals surface area contributed by atoms with Gasteiger partial charge in [-0.25, -0.2) is 0 Å². The molecule has 0 heterocycles. The molecule has 0 N–H and O–H groups in total. The summed E-state index contributed by atoms with van der Waals surface area (Å²) in [6.45, 7) is 1.92. The molecule has 0 fully saturated rings. The van der Waals surface area contributed by atoms with E-state index in [2.05, 4.69) is 0 Å². The van der Waals surface area contributed by atoms with Crippen LogP contribution in [0.5, 0.6) is 0 Å². The molecule has 1 rings (SSSR count). The van der Waals surface area contributed by atoms with Crippen LogP contribution < -0.4 is 0 Å². The molecule has 0 saturated heterocycles. The highest BCUT2D eigenvalue weighted by molar-refractivity contribution is 6.30. The van der Waals surface area contributed by atoms with Crippen molar-refractivity contribution in [1.29, 1.82) is 0 Å². The van der Waals surface area contributed by atoms with Gasteiger partial charge in [-0.1, -0.05) is 23.7 Å². The highest BCUT2D eigenvalue weighted by atomic mass is 35.5. The number of halogens is 2. The fraction of sp³-hybridized carbons (Fsp3) is 0.250. The van der Waals surface area contributed by atoms with E-state index in [0.717, 1.165) is 10.6 Å². The van der Waals surface area contributed by atoms with E-state index >= 15 is 0 Å². The fourth-order valence-corrected chi connectivity index (χ4v) is 1.09. The Balaban J connectivity index is 2.96. The summed E-state index contributed by atoms with van der Waals surface area (Å²) < 4.78 is 0. The van der Waals surface area contributed by atoms with Crippen LogP contribution in [0.1, 0.15) is 17.9 Å². The van der Waals surface area contributed by atoms with Crippen molar-refractivity contribution < 1.29 is 0 Å². The van der Waals surface area contributed by atoms with Gasteiger partial charge in [0.15, 0.2) is 0 Å². The molecule has 0 aliphatic rings. The minimum atomic E-state index is 0.0405. The lowest BCUT2D eigenvalue weighted by molar-refractivity contribution is 1.08. The van der Waals surface area contributed by atoms with Crippen LogP contribution in [0.4, 0.5) is 0 Å². The number of alkyl halides is 1. The third kappa shape index (κ3) is 1.89. The highest BCUT2D eigenvalue weighted by Crippen LogP contribution is 2.21. The van der Waals surface area contributed by atoms with Gasteiger partial charge >= 0.3 is 0 Å². The normalized spacial score (nSPS) is 13.1. The minimum Gasteiger partial charge on any atom is -0.118 e. The van der Waals surface area contributed by atoms with Gasteiger partial charge in [-0.05, 0) is 24.6 Å². The zero-order valence-corrected chi connectivity index (χ0v) is 7.15. The van der Waals surface area contributed by atoms with E-state index in [1.54, 1.807) is 0 Å². The molecule has 0 aliphatic heterocycles. The number of benzene rings is 1. The molecule has 0 spiro atoms. The second kappa shape index (κ2) is 3.27. The second-order valence-electron chi connectivity index (χ2n) is 2.17. The first-order valence-corrected chi connectivity index (χ1v) is 3.91. The molecular weight excluding hydrogens is 167 g/mol. The van der Waals surface area contributed by atoms with Crippen LogP contribution in [-0.2, 0) is 0 Å². The summed E-state index contributed by atoms with van der Waals surface area (Å²) in [6, 6.07) is 7.57. The van der Waals surface area contributed by atoms with Gasteiger partial charge in [0, 0.05) is 5.02 Å². The van der Waals surface area contributed by atoms with Crippen molar-refractivity contribution >= 4 is 23.2 Å².